The standard InChI is InChI=1S/C20H22BrFN2O/c1-14-3-2-10-24(12-14)13-15-4-6-16(7-5-15)20(25)23-19-9-8-17(21)11-18(19)22/h4-9,11,14H,2-3,10,12-13H2,1H3,(H,23,25)/t14-/m1/s1. The lowest BCUT2D eigenvalue weighted by Gasteiger charge is -2.30. The average Bonchev–Trinajstić information content (AvgIpc) is 2.58. The predicted molar refractivity (Wildman–Crippen MR) is 102 cm³/mol. The summed E-state index contributed by atoms with van der Waals surface area (Å²) >= 11 is 3.20. The van der Waals surface area contributed by atoms with Crippen LogP contribution < -0.4 is 5.32 Å². The van der Waals surface area contributed by atoms with E-state index < -0.39 is 5.82 Å². The summed E-state index contributed by atoms with van der Waals surface area (Å²) in [6.07, 6.45) is 2.56. The van der Waals surface area contributed by atoms with E-state index in [2.05, 4.69) is 33.1 Å². The van der Waals surface area contributed by atoms with Crippen LogP contribution in [0.3, 0.4) is 0 Å². The number of hydrogen-bond donors (Lipinski definition) is 1. The number of carbonyl (C=O) groups excluding carboxylic acids is 1. The Morgan fingerprint density at radius 2 is 2.04 bits per heavy atom. The highest BCUT2D eigenvalue weighted by atomic mass is 79.9. The first-order valence-electron chi connectivity index (χ1n) is 8.59. The van der Waals surface area contributed by atoms with Gasteiger partial charge in [0.05, 0.1) is 5.69 Å². The number of piperidine rings is 1. The van der Waals surface area contributed by atoms with Gasteiger partial charge in [-0.05, 0) is 61.2 Å². The average molecular weight is 405 g/mol. The molecule has 1 amide bonds. The van der Waals surface area contributed by atoms with Crippen molar-refractivity contribution in [2.45, 2.75) is 26.3 Å². The zero-order chi connectivity index (χ0) is 17.8. The molecule has 0 saturated carbocycles. The molecule has 0 bridgehead atoms. The number of carbonyl (C=O) groups is 1. The molecule has 0 spiro atoms. The number of hydrogen-bond acceptors (Lipinski definition) is 2. The monoisotopic (exact) mass is 404 g/mol. The van der Waals surface area contributed by atoms with Gasteiger partial charge in [0.1, 0.15) is 5.82 Å². The minimum Gasteiger partial charge on any atom is -0.319 e. The molecule has 1 saturated heterocycles. The first kappa shape index (κ1) is 18.1. The Balaban J connectivity index is 1.62. The first-order valence-corrected chi connectivity index (χ1v) is 9.38. The number of anilines is 1. The molecule has 0 aromatic heterocycles. The summed E-state index contributed by atoms with van der Waals surface area (Å²) in [5.74, 6) is -0.0162. The predicted octanol–water partition coefficient (Wildman–Crippen LogP) is 5.07. The molecular weight excluding hydrogens is 383 g/mol. The lowest BCUT2D eigenvalue weighted by atomic mass is 9.99. The highest BCUT2D eigenvalue weighted by molar-refractivity contribution is 9.10. The van der Waals surface area contributed by atoms with E-state index in [0.717, 1.165) is 25.6 Å². The van der Waals surface area contributed by atoms with Crippen LogP contribution in [0, 0.1) is 11.7 Å². The van der Waals surface area contributed by atoms with Crippen molar-refractivity contribution in [1.29, 1.82) is 0 Å². The van der Waals surface area contributed by atoms with Gasteiger partial charge in [0, 0.05) is 23.1 Å². The number of nitrogens with one attached hydrogen (secondary N) is 1. The van der Waals surface area contributed by atoms with Crippen LogP contribution >= 0.6 is 15.9 Å². The molecule has 1 heterocycles. The minimum atomic E-state index is -0.460. The van der Waals surface area contributed by atoms with E-state index in [1.165, 1.54) is 24.5 Å². The van der Waals surface area contributed by atoms with Crippen LogP contribution in [0.15, 0.2) is 46.9 Å². The molecule has 1 aliphatic heterocycles. The van der Waals surface area contributed by atoms with Crippen molar-refractivity contribution in [1.82, 2.24) is 4.90 Å². The van der Waals surface area contributed by atoms with E-state index in [0.29, 0.717) is 10.0 Å². The van der Waals surface area contributed by atoms with Crippen LogP contribution in [0.4, 0.5) is 10.1 Å². The van der Waals surface area contributed by atoms with Crippen LogP contribution in [0.1, 0.15) is 35.7 Å². The molecular formula is C20H22BrFN2O. The van der Waals surface area contributed by atoms with Crippen molar-refractivity contribution in [3.63, 3.8) is 0 Å². The second kappa shape index (κ2) is 8.11. The van der Waals surface area contributed by atoms with E-state index in [4.69, 9.17) is 0 Å². The SMILES string of the molecule is C[C@@H]1CCCN(Cc2ccc(C(=O)Nc3ccc(Br)cc3F)cc2)C1. The van der Waals surface area contributed by atoms with Crippen LogP contribution in [0.25, 0.3) is 0 Å². The van der Waals surface area contributed by atoms with E-state index in [1.807, 2.05) is 12.1 Å². The smallest absolute Gasteiger partial charge is 0.255 e. The fourth-order valence-corrected chi connectivity index (χ4v) is 3.57. The summed E-state index contributed by atoms with van der Waals surface area (Å²) in [5.41, 5.74) is 1.90. The number of nitrogens with zero attached hydrogens (tertiary/aromatic N) is 1. The summed E-state index contributed by atoms with van der Waals surface area (Å²) in [6.45, 7) is 5.47. The van der Waals surface area contributed by atoms with Crippen LogP contribution in [0.2, 0.25) is 0 Å². The molecule has 3 nitrogen and oxygen atoms in total. The summed E-state index contributed by atoms with van der Waals surface area (Å²) in [5, 5.41) is 2.62. The highest BCUT2D eigenvalue weighted by Gasteiger charge is 2.16. The van der Waals surface area contributed by atoms with Gasteiger partial charge in [-0.2, -0.15) is 0 Å². The van der Waals surface area contributed by atoms with E-state index in [1.54, 1.807) is 24.3 Å². The van der Waals surface area contributed by atoms with Crippen molar-refractivity contribution >= 4 is 27.5 Å². The maximum absolute atomic E-state index is 13.8. The fraction of sp³-hybridized carbons (Fsp3) is 0.350. The molecule has 1 N–H and O–H groups in total. The van der Waals surface area contributed by atoms with Gasteiger partial charge in [-0.1, -0.05) is 35.0 Å². The van der Waals surface area contributed by atoms with E-state index in [9.17, 15) is 9.18 Å². The topological polar surface area (TPSA) is 32.3 Å². The zero-order valence-electron chi connectivity index (χ0n) is 14.3. The molecule has 0 aliphatic carbocycles. The van der Waals surface area contributed by atoms with Crippen LogP contribution in [-0.4, -0.2) is 23.9 Å². The fourth-order valence-electron chi connectivity index (χ4n) is 3.24. The van der Waals surface area contributed by atoms with Gasteiger partial charge in [-0.3, -0.25) is 9.69 Å². The molecule has 2 aromatic rings. The van der Waals surface area contributed by atoms with Gasteiger partial charge in [-0.25, -0.2) is 4.39 Å². The number of benzene rings is 2. The summed E-state index contributed by atoms with van der Waals surface area (Å²) in [7, 11) is 0. The zero-order valence-corrected chi connectivity index (χ0v) is 15.9. The van der Waals surface area contributed by atoms with Crippen molar-refractivity contribution < 1.29 is 9.18 Å². The third-order valence-electron chi connectivity index (χ3n) is 4.54. The molecule has 132 valence electrons. The second-order valence-corrected chi connectivity index (χ2v) is 7.67. The van der Waals surface area contributed by atoms with E-state index >= 15 is 0 Å². The second-order valence-electron chi connectivity index (χ2n) is 6.76. The molecule has 5 heteroatoms. The molecule has 3 rings (SSSR count). The number of halogens is 2. The Morgan fingerprint density at radius 3 is 2.72 bits per heavy atom. The molecule has 0 unspecified atom stereocenters. The first-order chi connectivity index (χ1) is 12.0. The maximum atomic E-state index is 13.8. The maximum Gasteiger partial charge on any atom is 0.255 e. The normalized spacial score (nSPS) is 18.1. The van der Waals surface area contributed by atoms with Gasteiger partial charge in [0.25, 0.3) is 5.91 Å². The van der Waals surface area contributed by atoms with Gasteiger partial charge in [-0.15, -0.1) is 0 Å². The number of likely N-dealkylation sites (tertiary alicyclic amines) is 1. The Labute approximate surface area is 156 Å². The largest absolute Gasteiger partial charge is 0.319 e. The molecule has 0 radical (unpaired) electrons. The highest BCUT2D eigenvalue weighted by Crippen LogP contribution is 2.21. The lowest BCUT2D eigenvalue weighted by molar-refractivity contribution is 0.102. The molecule has 1 aliphatic rings. The molecule has 1 fully saturated rings. The molecule has 25 heavy (non-hydrogen) atoms. The third kappa shape index (κ3) is 4.89. The van der Waals surface area contributed by atoms with Gasteiger partial charge in [0.2, 0.25) is 0 Å². The minimum absolute atomic E-state index is 0.180. The molecule has 1 atom stereocenters. The van der Waals surface area contributed by atoms with Crippen molar-refractivity contribution in [3.05, 3.63) is 63.9 Å². The van der Waals surface area contributed by atoms with Gasteiger partial charge >= 0.3 is 0 Å². The Kier molecular flexibility index (Phi) is 5.86. The van der Waals surface area contributed by atoms with Crippen molar-refractivity contribution in [2.75, 3.05) is 18.4 Å². The van der Waals surface area contributed by atoms with E-state index in [-0.39, 0.29) is 11.6 Å². The third-order valence-corrected chi connectivity index (χ3v) is 5.04. The number of amides is 1. The lowest BCUT2D eigenvalue weighted by Crippen LogP contribution is -2.33. The number of rotatable bonds is 4. The van der Waals surface area contributed by atoms with Gasteiger partial charge in [0.15, 0.2) is 0 Å². The van der Waals surface area contributed by atoms with Crippen molar-refractivity contribution in [3.8, 4) is 0 Å². The Morgan fingerprint density at radius 1 is 1.28 bits per heavy atom. The van der Waals surface area contributed by atoms with Crippen LogP contribution in [0.5, 0.6) is 0 Å². The van der Waals surface area contributed by atoms with Crippen molar-refractivity contribution in [2.24, 2.45) is 5.92 Å². The summed E-state index contributed by atoms with van der Waals surface area (Å²) in [6, 6.07) is 12.1. The Hall–Kier alpha value is -1.72. The van der Waals surface area contributed by atoms with Crippen LogP contribution in [-0.2, 0) is 6.54 Å². The summed E-state index contributed by atoms with van der Waals surface area (Å²) in [4.78, 5) is 14.8. The summed E-state index contributed by atoms with van der Waals surface area (Å²) < 4.78 is 14.5. The quantitative estimate of drug-likeness (QED) is 0.770. The molecule has 2 aromatic carbocycles. The Bertz CT molecular complexity index is 748. The van der Waals surface area contributed by atoms with Gasteiger partial charge < -0.3 is 5.32 Å².